The molecule has 2 N–H and O–H groups in total. The van der Waals surface area contributed by atoms with Gasteiger partial charge in [0.15, 0.2) is 11.8 Å². The molecule has 1 aromatic rings. The number of rotatable bonds is 5. The van der Waals surface area contributed by atoms with Gasteiger partial charge in [-0.1, -0.05) is 12.1 Å². The number of anilines is 1. The Hall–Kier alpha value is -3.15. The number of ether oxygens (including phenoxy) is 3. The Morgan fingerprint density at radius 2 is 1.97 bits per heavy atom. The molecule has 0 amide bonds. The van der Waals surface area contributed by atoms with Crippen LogP contribution in [0.25, 0.3) is 0 Å². The predicted molar refractivity (Wildman–Crippen MR) is 105 cm³/mol. The van der Waals surface area contributed by atoms with Crippen molar-refractivity contribution in [2.45, 2.75) is 31.5 Å². The van der Waals surface area contributed by atoms with E-state index in [1.165, 1.54) is 37.3 Å². The van der Waals surface area contributed by atoms with Crippen LogP contribution in [0, 0.1) is 11.1 Å². The minimum atomic E-state index is -1.46. The van der Waals surface area contributed by atoms with Gasteiger partial charge in [-0.3, -0.25) is 10.0 Å². The van der Waals surface area contributed by atoms with Crippen molar-refractivity contribution in [3.05, 3.63) is 46.3 Å². The number of hydrogen-bond donors (Lipinski definition) is 2. The van der Waals surface area contributed by atoms with Gasteiger partial charge in [-0.15, -0.1) is 0 Å². The zero-order valence-electron chi connectivity index (χ0n) is 17.4. The van der Waals surface area contributed by atoms with E-state index >= 15 is 0 Å². The van der Waals surface area contributed by atoms with Crippen LogP contribution in [0.5, 0.6) is 0 Å². The lowest BCUT2D eigenvalue weighted by molar-refractivity contribution is -0.173. The molecule has 4 unspecified atom stereocenters. The van der Waals surface area contributed by atoms with Gasteiger partial charge in [0.2, 0.25) is 0 Å². The van der Waals surface area contributed by atoms with E-state index in [0.717, 1.165) is 0 Å². The molecule has 1 fully saturated rings. The van der Waals surface area contributed by atoms with E-state index in [-0.39, 0.29) is 28.8 Å². The third kappa shape index (κ3) is 3.50. The van der Waals surface area contributed by atoms with Crippen LogP contribution in [-0.4, -0.2) is 65.7 Å². The second-order valence-electron chi connectivity index (χ2n) is 7.43. The molecule has 1 saturated heterocycles. The number of nitrogens with zero attached hydrogens (tertiary/aromatic N) is 2. The molecule has 0 radical (unpaired) electrons. The third-order valence-corrected chi connectivity index (χ3v) is 5.89. The Morgan fingerprint density at radius 3 is 2.52 bits per heavy atom. The van der Waals surface area contributed by atoms with Gasteiger partial charge < -0.3 is 34.7 Å². The largest absolute Gasteiger partial charge is 0.733 e. The maximum absolute atomic E-state index is 13.0. The van der Waals surface area contributed by atoms with Crippen LogP contribution in [0.4, 0.5) is 5.69 Å². The molecule has 1 aromatic carbocycles. The molecule has 3 rings (SSSR count). The first kappa shape index (κ1) is 22.5. The lowest BCUT2D eigenvalue weighted by Gasteiger charge is -2.49. The monoisotopic (exact) mass is 435 g/mol. The second-order valence-corrected chi connectivity index (χ2v) is 7.43. The lowest BCUT2D eigenvalue weighted by atomic mass is 9.71. The topological polar surface area (TPSA) is 149 Å². The molecule has 0 aliphatic carbocycles. The molecule has 0 aromatic heterocycles. The van der Waals surface area contributed by atoms with Crippen molar-refractivity contribution in [2.24, 2.45) is 5.92 Å². The molecule has 2 aliphatic heterocycles. The molecule has 11 heteroatoms. The molecule has 2 heterocycles. The number of aliphatic carboxylic acids is 1. The number of benzene rings is 1. The van der Waals surface area contributed by atoms with Crippen LogP contribution in [-0.2, 0) is 28.6 Å². The van der Waals surface area contributed by atoms with Crippen molar-refractivity contribution in [3.8, 4) is 0 Å². The Bertz CT molecular complexity index is 944. The zero-order chi connectivity index (χ0) is 23.1. The maximum atomic E-state index is 13.0. The quantitative estimate of drug-likeness (QED) is 0.508. The number of allylic oxidation sites excluding steroid dienone is 1. The van der Waals surface area contributed by atoms with E-state index < -0.39 is 41.5 Å². The van der Waals surface area contributed by atoms with E-state index in [1.54, 1.807) is 19.9 Å². The van der Waals surface area contributed by atoms with Gasteiger partial charge in [0.05, 0.1) is 32.1 Å². The second kappa shape index (κ2) is 8.17. The number of carbonyl (C=O) groups is 3. The van der Waals surface area contributed by atoms with Crippen LogP contribution < -0.4 is 5.23 Å². The highest BCUT2D eigenvalue weighted by Gasteiger charge is 2.62. The number of fused-ring (bicyclic) bond motifs is 1. The van der Waals surface area contributed by atoms with E-state index in [4.69, 9.17) is 14.2 Å². The molecule has 168 valence electrons. The van der Waals surface area contributed by atoms with E-state index in [1.807, 2.05) is 0 Å². The highest BCUT2D eigenvalue weighted by atomic mass is 16.8. The van der Waals surface area contributed by atoms with Gasteiger partial charge in [-0.25, -0.2) is 9.59 Å². The molecular weight excluding hydrogens is 412 g/mol. The summed E-state index contributed by atoms with van der Waals surface area (Å²) in [6, 6.07) is 4.59. The number of hydrogen-bond acceptors (Lipinski definition) is 10. The first-order valence-electron chi connectivity index (χ1n) is 9.37. The van der Waals surface area contributed by atoms with Crippen molar-refractivity contribution in [3.63, 3.8) is 0 Å². The Morgan fingerprint density at radius 1 is 1.29 bits per heavy atom. The molecule has 4 atom stereocenters. The highest BCUT2D eigenvalue weighted by Crippen LogP contribution is 2.52. The molecule has 0 bridgehead atoms. The summed E-state index contributed by atoms with van der Waals surface area (Å²) in [5.41, 5.74) is -0.955. The van der Waals surface area contributed by atoms with Gasteiger partial charge in [-0.2, -0.15) is 0 Å². The summed E-state index contributed by atoms with van der Waals surface area (Å²) in [7, 11) is 2.34. The van der Waals surface area contributed by atoms with Crippen molar-refractivity contribution < 1.29 is 38.9 Å². The standard InChI is InChI=1S/C20H23N2O9/c1-10-14(18(25)29-3)15(11-6-5-7-12(8-11)22(27)28)16(19(26)30-4)20(2)21(10)13(9-31-20)17(23)24/h5-8,13,15-16,27H,9H2,1-4H3,(H,23,24)/q-1. The third-order valence-electron chi connectivity index (χ3n) is 5.89. The summed E-state index contributed by atoms with van der Waals surface area (Å²) >= 11 is 0. The van der Waals surface area contributed by atoms with E-state index in [0.29, 0.717) is 5.56 Å². The Kier molecular flexibility index (Phi) is 5.94. The van der Waals surface area contributed by atoms with Crippen molar-refractivity contribution in [2.75, 3.05) is 26.1 Å². The zero-order valence-corrected chi connectivity index (χ0v) is 17.4. The molecule has 2 aliphatic rings. The molecule has 31 heavy (non-hydrogen) atoms. The summed E-state index contributed by atoms with van der Waals surface area (Å²) in [6.45, 7) is 2.88. The SMILES string of the molecule is COC(=O)C1=C(C)N2C(C(=O)O)COC2(C)C(C(=O)OC)C1c1cccc(N([O-])O)c1. The van der Waals surface area contributed by atoms with Crippen molar-refractivity contribution in [1.82, 2.24) is 4.90 Å². The summed E-state index contributed by atoms with van der Waals surface area (Å²) < 4.78 is 15.8. The Labute approximate surface area is 177 Å². The first-order chi connectivity index (χ1) is 14.6. The van der Waals surface area contributed by atoms with Gasteiger partial charge in [-0.05, 0) is 31.5 Å². The lowest BCUT2D eigenvalue weighted by Crippen LogP contribution is -2.59. The van der Waals surface area contributed by atoms with Crippen LogP contribution in [0.3, 0.4) is 0 Å². The number of carbonyl (C=O) groups excluding carboxylic acids is 2. The molecule has 0 spiro atoms. The van der Waals surface area contributed by atoms with E-state index in [2.05, 4.69) is 0 Å². The van der Waals surface area contributed by atoms with Crippen LogP contribution in [0.1, 0.15) is 25.3 Å². The molecule has 11 nitrogen and oxygen atoms in total. The average molecular weight is 435 g/mol. The molecule has 0 saturated carbocycles. The first-order valence-corrected chi connectivity index (χ1v) is 9.37. The summed E-state index contributed by atoms with van der Waals surface area (Å²) in [4.78, 5) is 39.1. The number of esters is 2. The number of methoxy groups -OCH3 is 2. The van der Waals surface area contributed by atoms with Gasteiger partial charge in [0.1, 0.15) is 5.92 Å². The fourth-order valence-corrected chi connectivity index (χ4v) is 4.58. The smallest absolute Gasteiger partial charge is 0.336 e. The molecular formula is C20H23N2O9-. The van der Waals surface area contributed by atoms with Crippen molar-refractivity contribution in [1.29, 1.82) is 0 Å². The minimum absolute atomic E-state index is 0.0275. The average Bonchev–Trinajstić information content (AvgIpc) is 3.11. The normalized spacial score (nSPS) is 27.5. The van der Waals surface area contributed by atoms with Crippen LogP contribution in [0.15, 0.2) is 35.5 Å². The summed E-state index contributed by atoms with van der Waals surface area (Å²) in [5.74, 6) is -4.89. The van der Waals surface area contributed by atoms with Gasteiger partial charge in [0.25, 0.3) is 0 Å². The fraction of sp³-hybridized carbons (Fsp3) is 0.450. The maximum Gasteiger partial charge on any atom is 0.336 e. The van der Waals surface area contributed by atoms with Crippen LogP contribution >= 0.6 is 0 Å². The van der Waals surface area contributed by atoms with Gasteiger partial charge >= 0.3 is 17.9 Å². The Balaban J connectivity index is 2.33. The van der Waals surface area contributed by atoms with E-state index in [9.17, 15) is 29.9 Å². The number of carboxylic acids is 1. The fourth-order valence-electron chi connectivity index (χ4n) is 4.58. The summed E-state index contributed by atoms with van der Waals surface area (Å²) in [5, 5.41) is 30.1. The van der Waals surface area contributed by atoms with Crippen molar-refractivity contribution >= 4 is 23.6 Å². The van der Waals surface area contributed by atoms with Crippen LogP contribution in [0.2, 0.25) is 0 Å². The number of carboxylic acid groups (broad SMARTS) is 1. The summed E-state index contributed by atoms with van der Waals surface area (Å²) in [6.07, 6.45) is 0. The minimum Gasteiger partial charge on any atom is -0.733 e. The van der Waals surface area contributed by atoms with Gasteiger partial charge in [0, 0.05) is 11.6 Å². The predicted octanol–water partition coefficient (Wildman–Crippen LogP) is 1.21. The highest BCUT2D eigenvalue weighted by molar-refractivity contribution is 5.94.